The lowest BCUT2D eigenvalue weighted by Crippen LogP contribution is -2.43. The maximum Gasteiger partial charge on any atom is 0.0431 e. The zero-order valence-electron chi connectivity index (χ0n) is 11.1. The molecule has 2 N–H and O–H groups in total. The zero-order chi connectivity index (χ0) is 12.3. The molecule has 0 aromatic heterocycles. The van der Waals surface area contributed by atoms with Gasteiger partial charge in [-0.25, -0.2) is 0 Å². The minimum absolute atomic E-state index is 0.346. The van der Waals surface area contributed by atoms with Gasteiger partial charge in [0.15, 0.2) is 0 Å². The Labute approximate surface area is 105 Å². The second-order valence-electron chi connectivity index (χ2n) is 4.98. The summed E-state index contributed by atoms with van der Waals surface area (Å²) < 4.78 is 0. The first-order valence-electron chi connectivity index (χ1n) is 6.87. The lowest BCUT2D eigenvalue weighted by Gasteiger charge is -2.35. The highest BCUT2D eigenvalue weighted by atomic mass is 15.2. The van der Waals surface area contributed by atoms with Gasteiger partial charge in [-0.05, 0) is 36.8 Å². The van der Waals surface area contributed by atoms with E-state index in [9.17, 15) is 0 Å². The molecule has 1 aliphatic heterocycles. The Morgan fingerprint density at radius 1 is 1.24 bits per heavy atom. The maximum atomic E-state index is 6.10. The normalized spacial score (nSPS) is 20.6. The van der Waals surface area contributed by atoms with E-state index in [1.807, 2.05) is 0 Å². The fraction of sp³-hybridized carbons (Fsp3) is 0.600. The highest BCUT2D eigenvalue weighted by Crippen LogP contribution is 2.29. The predicted molar refractivity (Wildman–Crippen MR) is 74.6 cm³/mol. The van der Waals surface area contributed by atoms with E-state index < -0.39 is 0 Å². The molecule has 0 saturated carbocycles. The van der Waals surface area contributed by atoms with E-state index in [-0.39, 0.29) is 0 Å². The first-order chi connectivity index (χ1) is 8.26. The Bertz CT molecular complexity index is 351. The molecule has 2 rings (SSSR count). The molecular formula is C15H24N2. The fourth-order valence-corrected chi connectivity index (χ4v) is 2.83. The second-order valence-corrected chi connectivity index (χ2v) is 4.98. The number of hydrogen-bond donors (Lipinski definition) is 1. The number of rotatable bonds is 3. The summed E-state index contributed by atoms with van der Waals surface area (Å²) in [6.07, 6.45) is 4.61. The largest absolute Gasteiger partial charge is 0.370 e. The van der Waals surface area contributed by atoms with Gasteiger partial charge in [-0.2, -0.15) is 0 Å². The molecule has 1 saturated heterocycles. The molecule has 1 atom stereocenters. The van der Waals surface area contributed by atoms with E-state index >= 15 is 0 Å². The maximum absolute atomic E-state index is 6.10. The van der Waals surface area contributed by atoms with Gasteiger partial charge < -0.3 is 10.6 Å². The van der Waals surface area contributed by atoms with E-state index in [2.05, 4.69) is 36.9 Å². The fourth-order valence-electron chi connectivity index (χ4n) is 2.83. The van der Waals surface area contributed by atoms with Crippen molar-refractivity contribution in [3.63, 3.8) is 0 Å². The Kier molecular flexibility index (Phi) is 4.06. The average molecular weight is 232 g/mol. The minimum atomic E-state index is 0.346. The lowest BCUT2D eigenvalue weighted by atomic mass is 9.98. The van der Waals surface area contributed by atoms with Crippen LogP contribution in [0.1, 0.15) is 37.8 Å². The van der Waals surface area contributed by atoms with Crippen LogP contribution in [-0.4, -0.2) is 19.1 Å². The monoisotopic (exact) mass is 232 g/mol. The third-order valence-corrected chi connectivity index (χ3v) is 3.74. The first-order valence-corrected chi connectivity index (χ1v) is 6.87. The SMILES string of the molecule is CCc1cccc(CC)c1N1CCCC(N)C1. The van der Waals surface area contributed by atoms with Crippen LogP contribution in [0.5, 0.6) is 0 Å². The van der Waals surface area contributed by atoms with Gasteiger partial charge in [-0.15, -0.1) is 0 Å². The van der Waals surface area contributed by atoms with Crippen molar-refractivity contribution in [2.45, 2.75) is 45.6 Å². The molecule has 1 aliphatic rings. The molecule has 1 unspecified atom stereocenters. The standard InChI is InChI=1S/C15H24N2/c1-3-12-7-5-8-13(4-2)15(12)17-10-6-9-14(16)11-17/h5,7-8,14H,3-4,6,9-11,16H2,1-2H3. The van der Waals surface area contributed by atoms with Crippen LogP contribution in [0.4, 0.5) is 5.69 Å². The van der Waals surface area contributed by atoms with Crippen molar-refractivity contribution in [1.82, 2.24) is 0 Å². The molecule has 1 heterocycles. The zero-order valence-corrected chi connectivity index (χ0v) is 11.1. The molecule has 1 aromatic rings. The van der Waals surface area contributed by atoms with Crippen molar-refractivity contribution in [2.75, 3.05) is 18.0 Å². The molecule has 17 heavy (non-hydrogen) atoms. The van der Waals surface area contributed by atoms with Crippen LogP contribution in [0.25, 0.3) is 0 Å². The highest BCUT2D eigenvalue weighted by Gasteiger charge is 2.20. The number of aryl methyl sites for hydroxylation is 2. The van der Waals surface area contributed by atoms with Crippen molar-refractivity contribution in [2.24, 2.45) is 5.73 Å². The number of para-hydroxylation sites is 1. The van der Waals surface area contributed by atoms with Gasteiger partial charge in [0.25, 0.3) is 0 Å². The van der Waals surface area contributed by atoms with Crippen LogP contribution in [0, 0.1) is 0 Å². The molecule has 2 heteroatoms. The number of hydrogen-bond acceptors (Lipinski definition) is 2. The van der Waals surface area contributed by atoms with Gasteiger partial charge in [-0.3, -0.25) is 0 Å². The highest BCUT2D eigenvalue weighted by molar-refractivity contribution is 5.60. The summed E-state index contributed by atoms with van der Waals surface area (Å²) in [5.41, 5.74) is 10.5. The van der Waals surface area contributed by atoms with Crippen LogP contribution >= 0.6 is 0 Å². The summed E-state index contributed by atoms with van der Waals surface area (Å²) in [7, 11) is 0. The van der Waals surface area contributed by atoms with Crippen LogP contribution in [-0.2, 0) is 12.8 Å². The van der Waals surface area contributed by atoms with Gasteiger partial charge >= 0.3 is 0 Å². The summed E-state index contributed by atoms with van der Waals surface area (Å²) in [5.74, 6) is 0. The summed E-state index contributed by atoms with van der Waals surface area (Å²) in [6, 6.07) is 7.05. The smallest absolute Gasteiger partial charge is 0.0431 e. The van der Waals surface area contributed by atoms with Gasteiger partial charge in [0.05, 0.1) is 0 Å². The van der Waals surface area contributed by atoms with Crippen molar-refractivity contribution >= 4 is 5.69 Å². The Morgan fingerprint density at radius 3 is 2.41 bits per heavy atom. The molecule has 0 bridgehead atoms. The number of piperidine rings is 1. The van der Waals surface area contributed by atoms with Crippen molar-refractivity contribution in [3.05, 3.63) is 29.3 Å². The van der Waals surface area contributed by atoms with Crippen LogP contribution in [0.15, 0.2) is 18.2 Å². The van der Waals surface area contributed by atoms with Gasteiger partial charge in [0.1, 0.15) is 0 Å². The Hall–Kier alpha value is -1.02. The first kappa shape index (κ1) is 12.4. The Balaban J connectivity index is 2.34. The number of nitrogens with two attached hydrogens (primary N) is 1. The van der Waals surface area contributed by atoms with E-state index in [1.54, 1.807) is 0 Å². The summed E-state index contributed by atoms with van der Waals surface area (Å²) in [6.45, 7) is 6.66. The average Bonchev–Trinajstić information content (AvgIpc) is 2.37. The van der Waals surface area contributed by atoms with Crippen LogP contribution < -0.4 is 10.6 Å². The quantitative estimate of drug-likeness (QED) is 0.868. The molecule has 0 amide bonds. The van der Waals surface area contributed by atoms with Gasteiger partial charge in [0, 0.05) is 24.8 Å². The summed E-state index contributed by atoms with van der Waals surface area (Å²) in [4.78, 5) is 2.51. The molecule has 0 radical (unpaired) electrons. The summed E-state index contributed by atoms with van der Waals surface area (Å²) in [5, 5.41) is 0. The molecule has 1 aromatic carbocycles. The van der Waals surface area contributed by atoms with Crippen molar-refractivity contribution in [3.8, 4) is 0 Å². The van der Waals surface area contributed by atoms with E-state index in [0.717, 1.165) is 25.9 Å². The molecule has 0 spiro atoms. The molecular weight excluding hydrogens is 208 g/mol. The molecule has 1 fully saturated rings. The van der Waals surface area contributed by atoms with Crippen molar-refractivity contribution < 1.29 is 0 Å². The molecule has 0 aliphatic carbocycles. The van der Waals surface area contributed by atoms with E-state index in [4.69, 9.17) is 5.73 Å². The topological polar surface area (TPSA) is 29.3 Å². The number of nitrogens with zero attached hydrogens (tertiary/aromatic N) is 1. The van der Waals surface area contributed by atoms with E-state index in [1.165, 1.54) is 29.7 Å². The third-order valence-electron chi connectivity index (χ3n) is 3.74. The van der Waals surface area contributed by atoms with Crippen LogP contribution in [0.2, 0.25) is 0 Å². The molecule has 2 nitrogen and oxygen atoms in total. The number of anilines is 1. The number of benzene rings is 1. The van der Waals surface area contributed by atoms with Gasteiger partial charge in [0.2, 0.25) is 0 Å². The summed E-state index contributed by atoms with van der Waals surface area (Å²) >= 11 is 0. The minimum Gasteiger partial charge on any atom is -0.370 e. The predicted octanol–water partition coefficient (Wildman–Crippen LogP) is 2.74. The van der Waals surface area contributed by atoms with Gasteiger partial charge in [-0.1, -0.05) is 32.0 Å². The Morgan fingerprint density at radius 2 is 1.88 bits per heavy atom. The van der Waals surface area contributed by atoms with E-state index in [0.29, 0.717) is 6.04 Å². The molecule has 94 valence electrons. The lowest BCUT2D eigenvalue weighted by molar-refractivity contribution is 0.504. The van der Waals surface area contributed by atoms with Crippen molar-refractivity contribution in [1.29, 1.82) is 0 Å². The van der Waals surface area contributed by atoms with Crippen LogP contribution in [0.3, 0.4) is 0 Å². The third kappa shape index (κ3) is 2.63. The second kappa shape index (κ2) is 5.54.